The standard InChI is InChI=1S/C11H8N2O5/c1-18-9-4-2-7(6-12)11(13(16)17)8(9)3-5-10(14)15/h2-5H,1H3,(H,14,15)/b5-3+. The highest BCUT2D eigenvalue weighted by atomic mass is 16.6. The Balaban J connectivity index is 3.56. The van der Waals surface area contributed by atoms with Crippen LogP contribution >= 0.6 is 0 Å². The number of rotatable bonds is 4. The molecule has 7 heteroatoms. The average molecular weight is 248 g/mol. The molecule has 1 N–H and O–H groups in total. The second-order valence-corrected chi connectivity index (χ2v) is 3.12. The third-order valence-electron chi connectivity index (χ3n) is 2.09. The van der Waals surface area contributed by atoms with E-state index in [2.05, 4.69) is 0 Å². The van der Waals surface area contributed by atoms with Gasteiger partial charge >= 0.3 is 5.97 Å². The maximum absolute atomic E-state index is 10.9. The predicted octanol–water partition coefficient (Wildman–Crippen LogP) is 1.57. The van der Waals surface area contributed by atoms with Crippen LogP contribution in [0.15, 0.2) is 18.2 Å². The van der Waals surface area contributed by atoms with Crippen LogP contribution in [0.2, 0.25) is 0 Å². The molecule has 1 aromatic rings. The molecule has 0 atom stereocenters. The van der Waals surface area contributed by atoms with Crippen LogP contribution in [0, 0.1) is 21.4 Å². The highest BCUT2D eigenvalue weighted by Crippen LogP contribution is 2.32. The van der Waals surface area contributed by atoms with E-state index < -0.39 is 16.6 Å². The van der Waals surface area contributed by atoms with E-state index in [0.29, 0.717) is 0 Å². The third kappa shape index (κ3) is 2.62. The van der Waals surface area contributed by atoms with E-state index in [4.69, 9.17) is 15.1 Å². The molecule has 0 amide bonds. The zero-order valence-corrected chi connectivity index (χ0v) is 9.28. The third-order valence-corrected chi connectivity index (χ3v) is 2.09. The van der Waals surface area contributed by atoms with Crippen LogP contribution < -0.4 is 4.74 Å². The summed E-state index contributed by atoms with van der Waals surface area (Å²) >= 11 is 0. The lowest BCUT2D eigenvalue weighted by Crippen LogP contribution is -1.99. The van der Waals surface area contributed by atoms with Crippen molar-refractivity contribution in [1.82, 2.24) is 0 Å². The van der Waals surface area contributed by atoms with E-state index in [-0.39, 0.29) is 16.9 Å². The molecule has 0 saturated carbocycles. The Kier molecular flexibility index (Phi) is 3.99. The number of hydrogen-bond acceptors (Lipinski definition) is 5. The molecule has 0 unspecified atom stereocenters. The van der Waals surface area contributed by atoms with Crippen LogP contribution in [0.3, 0.4) is 0 Å². The zero-order chi connectivity index (χ0) is 13.7. The molecule has 0 radical (unpaired) electrons. The van der Waals surface area contributed by atoms with Crippen molar-refractivity contribution in [3.8, 4) is 11.8 Å². The van der Waals surface area contributed by atoms with E-state index >= 15 is 0 Å². The first-order valence-electron chi connectivity index (χ1n) is 4.67. The summed E-state index contributed by atoms with van der Waals surface area (Å²) in [7, 11) is 1.29. The van der Waals surface area contributed by atoms with Gasteiger partial charge in [-0.1, -0.05) is 0 Å². The fourth-order valence-corrected chi connectivity index (χ4v) is 1.37. The Hall–Kier alpha value is -2.88. The Morgan fingerprint density at radius 2 is 2.28 bits per heavy atom. The van der Waals surface area contributed by atoms with Gasteiger partial charge in [0.25, 0.3) is 5.69 Å². The SMILES string of the molecule is COc1ccc(C#N)c([N+](=O)[O-])c1/C=C/C(=O)O. The second-order valence-electron chi connectivity index (χ2n) is 3.12. The molecule has 18 heavy (non-hydrogen) atoms. The normalized spacial score (nSPS) is 10.0. The summed E-state index contributed by atoms with van der Waals surface area (Å²) in [6, 6.07) is 4.29. The largest absolute Gasteiger partial charge is 0.496 e. The molecule has 0 aliphatic rings. The second kappa shape index (κ2) is 5.45. The molecular weight excluding hydrogens is 240 g/mol. The van der Waals surface area contributed by atoms with Gasteiger partial charge in [-0.15, -0.1) is 0 Å². The average Bonchev–Trinajstić information content (AvgIpc) is 2.34. The number of hydrogen-bond donors (Lipinski definition) is 1. The van der Waals surface area contributed by atoms with Gasteiger partial charge in [0.1, 0.15) is 17.4 Å². The number of benzene rings is 1. The van der Waals surface area contributed by atoms with E-state index in [0.717, 1.165) is 12.2 Å². The van der Waals surface area contributed by atoms with Crippen LogP contribution in [0.25, 0.3) is 6.08 Å². The number of methoxy groups -OCH3 is 1. The maximum atomic E-state index is 10.9. The molecule has 0 heterocycles. The molecule has 1 aromatic carbocycles. The number of carboxylic acid groups (broad SMARTS) is 1. The monoisotopic (exact) mass is 248 g/mol. The summed E-state index contributed by atoms with van der Waals surface area (Å²) in [5.74, 6) is -1.13. The first-order valence-corrected chi connectivity index (χ1v) is 4.67. The van der Waals surface area contributed by atoms with E-state index in [9.17, 15) is 14.9 Å². The van der Waals surface area contributed by atoms with Crippen LogP contribution in [0.5, 0.6) is 5.75 Å². The lowest BCUT2D eigenvalue weighted by molar-refractivity contribution is -0.385. The number of nitro groups is 1. The molecule has 7 nitrogen and oxygen atoms in total. The van der Waals surface area contributed by atoms with Gasteiger partial charge < -0.3 is 9.84 Å². The number of ether oxygens (including phenoxy) is 1. The van der Waals surface area contributed by atoms with E-state index in [1.165, 1.54) is 19.2 Å². The molecule has 0 aromatic heterocycles. The molecule has 0 fully saturated rings. The Morgan fingerprint density at radius 3 is 2.72 bits per heavy atom. The van der Waals surface area contributed by atoms with Gasteiger partial charge in [-0.05, 0) is 18.2 Å². The van der Waals surface area contributed by atoms with Crippen molar-refractivity contribution in [1.29, 1.82) is 5.26 Å². The highest BCUT2D eigenvalue weighted by Gasteiger charge is 2.22. The van der Waals surface area contributed by atoms with Crippen molar-refractivity contribution in [2.75, 3.05) is 7.11 Å². The number of carboxylic acids is 1. The topological polar surface area (TPSA) is 113 Å². The molecule has 1 rings (SSSR count). The fraction of sp³-hybridized carbons (Fsp3) is 0.0909. The number of nitriles is 1. The minimum absolute atomic E-state index is 0.0519. The predicted molar refractivity (Wildman–Crippen MR) is 61.0 cm³/mol. The summed E-state index contributed by atoms with van der Waals surface area (Å²) in [5, 5.41) is 28.3. The van der Waals surface area contributed by atoms with Gasteiger partial charge in [0.2, 0.25) is 0 Å². The molecule has 0 saturated heterocycles. The van der Waals surface area contributed by atoms with Crippen molar-refractivity contribution in [3.05, 3.63) is 39.4 Å². The number of carbonyl (C=O) groups is 1. The van der Waals surface area contributed by atoms with Crippen LogP contribution in [0.4, 0.5) is 5.69 Å². The quantitative estimate of drug-likeness (QED) is 0.491. The van der Waals surface area contributed by atoms with Gasteiger partial charge in [-0.25, -0.2) is 4.79 Å². The number of aliphatic carboxylic acids is 1. The van der Waals surface area contributed by atoms with Crippen LogP contribution in [-0.2, 0) is 4.79 Å². The Labute approximate surface area is 102 Å². The zero-order valence-electron chi connectivity index (χ0n) is 9.28. The highest BCUT2D eigenvalue weighted by molar-refractivity contribution is 5.87. The Morgan fingerprint density at radius 1 is 1.61 bits per heavy atom. The Bertz CT molecular complexity index is 572. The fourth-order valence-electron chi connectivity index (χ4n) is 1.37. The molecule has 0 aliphatic carbocycles. The molecule has 0 aliphatic heterocycles. The number of nitro benzene ring substituents is 1. The van der Waals surface area contributed by atoms with Crippen molar-refractivity contribution < 1.29 is 19.6 Å². The first kappa shape index (κ1) is 13.2. The minimum Gasteiger partial charge on any atom is -0.496 e. The maximum Gasteiger partial charge on any atom is 0.328 e. The van der Waals surface area contributed by atoms with Crippen molar-refractivity contribution >= 4 is 17.7 Å². The summed E-state index contributed by atoms with van der Waals surface area (Å²) in [5.41, 5.74) is -0.691. The molecule has 92 valence electrons. The van der Waals surface area contributed by atoms with Gasteiger partial charge in [-0.2, -0.15) is 5.26 Å². The summed E-state index contributed by atoms with van der Waals surface area (Å²) in [6.07, 6.45) is 1.77. The van der Waals surface area contributed by atoms with E-state index in [1.807, 2.05) is 0 Å². The lowest BCUT2D eigenvalue weighted by Gasteiger charge is -2.06. The summed E-state index contributed by atoms with van der Waals surface area (Å²) in [4.78, 5) is 20.6. The van der Waals surface area contributed by atoms with Crippen LogP contribution in [-0.4, -0.2) is 23.1 Å². The van der Waals surface area contributed by atoms with Crippen molar-refractivity contribution in [2.24, 2.45) is 0 Å². The lowest BCUT2D eigenvalue weighted by atomic mass is 10.1. The summed E-state index contributed by atoms with van der Waals surface area (Å²) in [6.45, 7) is 0. The van der Waals surface area contributed by atoms with Gasteiger partial charge in [0, 0.05) is 6.08 Å². The molecule has 0 bridgehead atoms. The van der Waals surface area contributed by atoms with Gasteiger partial charge in [0.05, 0.1) is 17.6 Å². The minimum atomic E-state index is -1.26. The number of nitrogens with zero attached hydrogens (tertiary/aromatic N) is 2. The van der Waals surface area contributed by atoms with Crippen LogP contribution in [0.1, 0.15) is 11.1 Å². The van der Waals surface area contributed by atoms with Gasteiger partial charge in [0.15, 0.2) is 0 Å². The van der Waals surface area contributed by atoms with Crippen molar-refractivity contribution in [3.63, 3.8) is 0 Å². The van der Waals surface area contributed by atoms with Crippen molar-refractivity contribution in [2.45, 2.75) is 0 Å². The smallest absolute Gasteiger partial charge is 0.328 e. The van der Waals surface area contributed by atoms with Gasteiger partial charge in [-0.3, -0.25) is 10.1 Å². The van der Waals surface area contributed by atoms with E-state index in [1.54, 1.807) is 6.07 Å². The summed E-state index contributed by atoms with van der Waals surface area (Å²) < 4.78 is 4.91. The molecular formula is C11H8N2O5. The molecule has 0 spiro atoms. The first-order chi connectivity index (χ1) is 8.51.